The largest absolute Gasteiger partial charge is 0.297 e. The molecule has 3 nitrogen and oxygen atoms in total. The number of piperidine rings is 1. The van der Waals surface area contributed by atoms with Crippen LogP contribution < -0.4 is 0 Å². The topological polar surface area (TPSA) is 29.0 Å². The molecule has 0 bridgehead atoms. The number of hydrogen-bond donors (Lipinski definition) is 0. The van der Waals surface area contributed by atoms with Gasteiger partial charge in [0.25, 0.3) is 0 Å². The number of aryl methyl sites for hydroxylation is 1. The third kappa shape index (κ3) is 3.81. The Morgan fingerprint density at radius 2 is 2.19 bits per heavy atom. The highest BCUT2D eigenvalue weighted by Gasteiger charge is 2.24. The van der Waals surface area contributed by atoms with Crippen molar-refractivity contribution in [2.24, 2.45) is 5.92 Å². The van der Waals surface area contributed by atoms with Crippen LogP contribution in [-0.2, 0) is 6.54 Å². The Bertz CT molecular complexity index is 596. The summed E-state index contributed by atoms with van der Waals surface area (Å²) in [5.41, 5.74) is 2.17. The van der Waals surface area contributed by atoms with E-state index in [1.165, 1.54) is 24.4 Å². The fraction of sp³-hybridized carbons (Fsp3) is 0.500. The third-order valence-electron chi connectivity index (χ3n) is 4.04. The molecule has 1 aliphatic rings. The Morgan fingerprint density at radius 3 is 2.90 bits per heavy atom. The zero-order chi connectivity index (χ0) is 14.8. The lowest BCUT2D eigenvalue weighted by Crippen LogP contribution is -2.39. The molecule has 112 valence electrons. The first-order valence-electron chi connectivity index (χ1n) is 7.36. The third-order valence-corrected chi connectivity index (χ3v) is 6.69. The Hall–Kier alpha value is -0.530. The van der Waals surface area contributed by atoms with Gasteiger partial charge < -0.3 is 0 Å². The quantitative estimate of drug-likeness (QED) is 0.559. The molecule has 0 amide bonds. The van der Waals surface area contributed by atoms with Crippen LogP contribution in [0.4, 0.5) is 0 Å². The smallest absolute Gasteiger partial charge is 0.125 e. The molecule has 2 aromatic heterocycles. The molecular weight excluding hydrogens is 393 g/mol. The van der Waals surface area contributed by atoms with E-state index in [1.807, 2.05) is 25.4 Å². The van der Waals surface area contributed by atoms with Crippen LogP contribution in [0.2, 0.25) is 0 Å². The lowest BCUT2D eigenvalue weighted by Gasteiger charge is -2.33. The average molecular weight is 413 g/mol. The number of rotatable bonds is 3. The molecule has 3 heterocycles. The second-order valence-corrected chi connectivity index (χ2v) is 8.55. The minimum absolute atomic E-state index is 0.769. The maximum atomic E-state index is 4.57. The van der Waals surface area contributed by atoms with E-state index in [-0.39, 0.29) is 0 Å². The number of hydrogen-bond acceptors (Lipinski definition) is 4. The van der Waals surface area contributed by atoms with Crippen LogP contribution in [0.3, 0.4) is 0 Å². The van der Waals surface area contributed by atoms with Crippen LogP contribution in [0, 0.1) is 12.8 Å². The Balaban J connectivity index is 1.66. The van der Waals surface area contributed by atoms with Crippen molar-refractivity contribution in [1.82, 2.24) is 14.9 Å². The summed E-state index contributed by atoms with van der Waals surface area (Å²) in [5, 5.41) is 1.08. The Labute approximate surface area is 144 Å². The predicted molar refractivity (Wildman–Crippen MR) is 96.9 cm³/mol. The summed E-state index contributed by atoms with van der Waals surface area (Å²) in [5.74, 6) is 0.845. The number of thiazole rings is 1. The minimum atomic E-state index is 0.769. The molecule has 1 aliphatic heterocycles. The number of aromatic nitrogens is 2. The van der Waals surface area contributed by atoms with Crippen LogP contribution in [0.5, 0.6) is 0 Å². The van der Waals surface area contributed by atoms with Gasteiger partial charge in [0, 0.05) is 45.5 Å². The molecule has 0 aromatic carbocycles. The van der Waals surface area contributed by atoms with Gasteiger partial charge in [-0.25, -0.2) is 4.98 Å². The van der Waals surface area contributed by atoms with E-state index in [0.717, 1.165) is 32.7 Å². The maximum absolute atomic E-state index is 4.57. The molecule has 2 aromatic rings. The molecular formula is C16H20IN3S. The van der Waals surface area contributed by atoms with Crippen molar-refractivity contribution in [1.29, 1.82) is 0 Å². The lowest BCUT2D eigenvalue weighted by molar-refractivity contribution is 0.198. The van der Waals surface area contributed by atoms with E-state index in [4.69, 9.17) is 0 Å². The van der Waals surface area contributed by atoms with Crippen LogP contribution in [0.1, 0.15) is 23.9 Å². The van der Waals surface area contributed by atoms with Crippen molar-refractivity contribution in [3.8, 4) is 10.6 Å². The van der Waals surface area contributed by atoms with Gasteiger partial charge in [-0.15, -0.1) is 11.3 Å². The molecule has 1 saturated heterocycles. The lowest BCUT2D eigenvalue weighted by atomic mass is 9.99. The summed E-state index contributed by atoms with van der Waals surface area (Å²) in [6, 6.07) is 4.15. The molecule has 0 aliphatic carbocycles. The van der Waals surface area contributed by atoms with Crippen molar-refractivity contribution in [3.63, 3.8) is 0 Å². The van der Waals surface area contributed by atoms with Crippen molar-refractivity contribution < 1.29 is 0 Å². The number of nitrogens with zero attached hydrogens (tertiary/aromatic N) is 3. The monoisotopic (exact) mass is 413 g/mol. The van der Waals surface area contributed by atoms with Gasteiger partial charge in [0.05, 0.1) is 0 Å². The summed E-state index contributed by atoms with van der Waals surface area (Å²) < 4.78 is 0.769. The summed E-state index contributed by atoms with van der Waals surface area (Å²) >= 11 is 4.39. The molecule has 2 atom stereocenters. The van der Waals surface area contributed by atoms with Crippen molar-refractivity contribution in [3.05, 3.63) is 35.1 Å². The fourth-order valence-electron chi connectivity index (χ4n) is 2.56. The van der Waals surface area contributed by atoms with E-state index in [0.29, 0.717) is 0 Å². The van der Waals surface area contributed by atoms with E-state index >= 15 is 0 Å². The number of halogens is 1. The van der Waals surface area contributed by atoms with Gasteiger partial charge in [0.1, 0.15) is 5.01 Å². The van der Waals surface area contributed by atoms with Gasteiger partial charge in [-0.3, -0.25) is 9.88 Å². The Kier molecular flexibility index (Phi) is 4.91. The normalized spacial score (nSPS) is 23.4. The summed E-state index contributed by atoms with van der Waals surface area (Å²) in [7, 11) is 0. The van der Waals surface area contributed by atoms with Gasteiger partial charge >= 0.3 is 0 Å². The molecule has 0 spiro atoms. The van der Waals surface area contributed by atoms with Gasteiger partial charge in [-0.2, -0.15) is 0 Å². The van der Waals surface area contributed by atoms with Gasteiger partial charge in [0.2, 0.25) is 0 Å². The number of likely N-dealkylation sites (tertiary alicyclic amines) is 1. The van der Waals surface area contributed by atoms with Crippen molar-refractivity contribution in [2.75, 3.05) is 13.1 Å². The summed E-state index contributed by atoms with van der Waals surface area (Å²) in [6.45, 7) is 7.81. The first-order valence-corrected chi connectivity index (χ1v) is 9.42. The van der Waals surface area contributed by atoms with E-state index in [2.05, 4.69) is 50.4 Å². The van der Waals surface area contributed by atoms with E-state index in [1.54, 1.807) is 11.3 Å². The first kappa shape index (κ1) is 15.4. The summed E-state index contributed by atoms with van der Waals surface area (Å²) in [4.78, 5) is 12.8. The summed E-state index contributed by atoms with van der Waals surface area (Å²) in [6.07, 6.45) is 5.25. The van der Waals surface area contributed by atoms with Crippen molar-refractivity contribution in [2.45, 2.75) is 30.7 Å². The maximum Gasteiger partial charge on any atom is 0.125 e. The second-order valence-electron chi connectivity index (χ2n) is 5.84. The van der Waals surface area contributed by atoms with Crippen LogP contribution in [0.15, 0.2) is 24.5 Å². The number of alkyl halides is 1. The zero-order valence-electron chi connectivity index (χ0n) is 12.4. The van der Waals surface area contributed by atoms with Crippen molar-refractivity contribution >= 4 is 33.9 Å². The standard InChI is InChI=1S/C16H20IN3S/c1-11-5-6-20(10-15(11)17)9-14-8-19-16(21-14)13-4-3-12(2)18-7-13/h3-4,7-8,11,15H,5-6,9-10H2,1-2H3. The first-order chi connectivity index (χ1) is 10.1. The van der Waals surface area contributed by atoms with E-state index in [9.17, 15) is 0 Å². The molecule has 3 rings (SSSR count). The molecule has 0 radical (unpaired) electrons. The minimum Gasteiger partial charge on any atom is -0.297 e. The SMILES string of the molecule is Cc1ccc(-c2ncc(CN3CCC(C)C(I)C3)s2)cn1. The molecule has 0 saturated carbocycles. The molecule has 1 fully saturated rings. The average Bonchev–Trinajstić information content (AvgIpc) is 2.92. The number of pyridine rings is 1. The molecule has 5 heteroatoms. The highest BCUT2D eigenvalue weighted by atomic mass is 127. The van der Waals surface area contributed by atoms with Gasteiger partial charge in [-0.05, 0) is 37.9 Å². The van der Waals surface area contributed by atoms with Crippen LogP contribution >= 0.6 is 33.9 Å². The van der Waals surface area contributed by atoms with Gasteiger partial charge in [0.15, 0.2) is 0 Å². The fourth-order valence-corrected chi connectivity index (χ4v) is 4.42. The van der Waals surface area contributed by atoms with Crippen LogP contribution in [0.25, 0.3) is 10.6 Å². The Morgan fingerprint density at radius 1 is 1.33 bits per heavy atom. The highest BCUT2D eigenvalue weighted by molar-refractivity contribution is 14.1. The molecule has 2 unspecified atom stereocenters. The molecule has 21 heavy (non-hydrogen) atoms. The zero-order valence-corrected chi connectivity index (χ0v) is 15.4. The highest BCUT2D eigenvalue weighted by Crippen LogP contribution is 2.28. The molecule has 0 N–H and O–H groups in total. The van der Waals surface area contributed by atoms with Gasteiger partial charge in [-0.1, -0.05) is 29.5 Å². The van der Waals surface area contributed by atoms with E-state index < -0.39 is 0 Å². The van der Waals surface area contributed by atoms with Crippen LogP contribution in [-0.4, -0.2) is 31.9 Å². The second kappa shape index (κ2) is 6.71. The predicted octanol–water partition coefficient (Wildman–Crippen LogP) is 4.16.